The van der Waals surface area contributed by atoms with Crippen molar-refractivity contribution in [1.82, 2.24) is 9.88 Å². The summed E-state index contributed by atoms with van der Waals surface area (Å²) in [6, 6.07) is 0. The number of amides is 1. The molecule has 1 rings (SSSR count). The molecule has 1 N–H and O–H groups in total. The zero-order valence-electron chi connectivity index (χ0n) is 8.45. The normalized spacial score (nSPS) is 9.07. The average molecular weight is 311 g/mol. The largest absolute Gasteiger partial charge is 1.00 e. The lowest BCUT2D eigenvalue weighted by atomic mass is 10.6. The first-order chi connectivity index (χ1) is 6.15. The summed E-state index contributed by atoms with van der Waals surface area (Å²) in [5.41, 5.74) is 0. The van der Waals surface area contributed by atoms with Gasteiger partial charge in [-0.25, -0.2) is 13.9 Å². The van der Waals surface area contributed by atoms with Gasteiger partial charge in [0.15, 0.2) is 6.61 Å². The van der Waals surface area contributed by atoms with Crippen LogP contribution in [0.25, 0.3) is 0 Å². The van der Waals surface area contributed by atoms with Crippen LogP contribution in [0.1, 0.15) is 5.82 Å². The number of nitrogens with zero attached hydrogens (tertiary/aromatic N) is 2. The number of aryl methyl sites for hydroxylation is 2. The molecule has 0 aliphatic heterocycles. The maximum atomic E-state index is 10.8. The highest BCUT2D eigenvalue weighted by molar-refractivity contribution is 5.66. The number of rotatable bonds is 2. The van der Waals surface area contributed by atoms with Gasteiger partial charge in [0.1, 0.15) is 12.4 Å². The van der Waals surface area contributed by atoms with Crippen molar-refractivity contribution in [3.63, 3.8) is 0 Å². The highest BCUT2D eigenvalue weighted by Crippen LogP contribution is 1.94. The van der Waals surface area contributed by atoms with Gasteiger partial charge in [-0.3, -0.25) is 0 Å². The Labute approximate surface area is 100 Å². The first-order valence-electron chi connectivity index (χ1n) is 3.99. The van der Waals surface area contributed by atoms with Gasteiger partial charge in [-0.1, -0.05) is 0 Å². The molecule has 0 saturated carbocycles. The van der Waals surface area contributed by atoms with Gasteiger partial charge in [0.05, 0.1) is 14.1 Å². The van der Waals surface area contributed by atoms with E-state index in [2.05, 4.69) is 5.32 Å². The molecule has 6 heteroatoms. The molecule has 0 aromatic carbocycles. The first kappa shape index (κ1) is 13.2. The molecule has 14 heavy (non-hydrogen) atoms. The van der Waals surface area contributed by atoms with Crippen molar-refractivity contribution in [2.45, 2.75) is 6.61 Å². The van der Waals surface area contributed by atoms with Gasteiger partial charge >= 0.3 is 6.09 Å². The average Bonchev–Trinajstić information content (AvgIpc) is 2.43. The van der Waals surface area contributed by atoms with E-state index >= 15 is 0 Å². The third kappa shape index (κ3) is 3.17. The van der Waals surface area contributed by atoms with Crippen molar-refractivity contribution in [1.29, 1.82) is 0 Å². The molecule has 5 nitrogen and oxygen atoms in total. The molecule has 0 radical (unpaired) electrons. The van der Waals surface area contributed by atoms with E-state index in [1.165, 1.54) is 7.05 Å². The Balaban J connectivity index is 0.00000169. The molecule has 0 aliphatic rings. The lowest BCUT2D eigenvalue weighted by Crippen LogP contribution is -3.00. The molecule has 1 heterocycles. The predicted molar refractivity (Wildman–Crippen MR) is 45.8 cm³/mol. The molecule has 0 saturated heterocycles. The minimum Gasteiger partial charge on any atom is -1.00 e. The topological polar surface area (TPSA) is 47.1 Å². The second-order valence-electron chi connectivity index (χ2n) is 2.76. The lowest BCUT2D eigenvalue weighted by molar-refractivity contribution is -0.680. The van der Waals surface area contributed by atoms with E-state index in [-0.39, 0.29) is 30.6 Å². The first-order valence-corrected chi connectivity index (χ1v) is 3.99. The van der Waals surface area contributed by atoms with E-state index in [0.717, 1.165) is 5.82 Å². The Morgan fingerprint density at radius 2 is 2.36 bits per heavy atom. The van der Waals surface area contributed by atoms with E-state index in [4.69, 9.17) is 4.74 Å². The minimum atomic E-state index is -0.416. The number of aromatic nitrogens is 2. The van der Waals surface area contributed by atoms with Crippen molar-refractivity contribution in [2.75, 3.05) is 7.05 Å². The Bertz CT molecular complexity index is 292. The SMILES string of the molecule is CNC(=O)OCc1n(C)cc[n+]1C.[I-]. The number of imidazole rings is 1. The fourth-order valence-corrected chi connectivity index (χ4v) is 1.03. The van der Waals surface area contributed by atoms with Crippen LogP contribution < -0.4 is 33.9 Å². The van der Waals surface area contributed by atoms with Crippen LogP contribution in [0.2, 0.25) is 0 Å². The molecule has 0 atom stereocenters. The molecule has 0 spiro atoms. The van der Waals surface area contributed by atoms with Crippen molar-refractivity contribution in [3.8, 4) is 0 Å². The number of carbonyl (C=O) groups excluding carboxylic acids is 1. The molecule has 0 bridgehead atoms. The number of alkyl carbamates (subject to hydrolysis) is 1. The van der Waals surface area contributed by atoms with E-state index in [1.54, 1.807) is 0 Å². The number of carbonyl (C=O) groups is 1. The highest BCUT2D eigenvalue weighted by atomic mass is 127. The van der Waals surface area contributed by atoms with Gasteiger partial charge in [0, 0.05) is 7.05 Å². The predicted octanol–water partition coefficient (Wildman–Crippen LogP) is -3.29. The van der Waals surface area contributed by atoms with Gasteiger partial charge in [-0.15, -0.1) is 0 Å². The summed E-state index contributed by atoms with van der Waals surface area (Å²) in [6.07, 6.45) is 3.40. The van der Waals surface area contributed by atoms with Crippen molar-refractivity contribution >= 4 is 6.09 Å². The van der Waals surface area contributed by atoms with Gasteiger partial charge in [0.25, 0.3) is 5.82 Å². The molecule has 1 aromatic heterocycles. The second-order valence-corrected chi connectivity index (χ2v) is 2.76. The van der Waals surface area contributed by atoms with Crippen molar-refractivity contribution in [3.05, 3.63) is 18.2 Å². The summed E-state index contributed by atoms with van der Waals surface area (Å²) >= 11 is 0. The standard InChI is InChI=1S/C8H13N3O2.HI/c1-9-8(12)13-6-7-10(2)4-5-11(7)3;/h4-5H,6H2,1-3H3;1H. The van der Waals surface area contributed by atoms with Crippen molar-refractivity contribution in [2.24, 2.45) is 14.1 Å². The van der Waals surface area contributed by atoms with Gasteiger partial charge in [-0.2, -0.15) is 0 Å². The third-order valence-corrected chi connectivity index (χ3v) is 1.86. The van der Waals surface area contributed by atoms with Crippen LogP contribution in [0, 0.1) is 0 Å². The zero-order valence-corrected chi connectivity index (χ0v) is 10.6. The molecule has 1 amide bonds. The van der Waals surface area contributed by atoms with E-state index in [0.29, 0.717) is 0 Å². The fourth-order valence-electron chi connectivity index (χ4n) is 1.03. The van der Waals surface area contributed by atoms with E-state index in [9.17, 15) is 4.79 Å². The van der Waals surface area contributed by atoms with E-state index in [1.807, 2.05) is 35.6 Å². The number of nitrogens with one attached hydrogen (secondary N) is 1. The van der Waals surface area contributed by atoms with Crippen LogP contribution in [-0.4, -0.2) is 17.7 Å². The summed E-state index contributed by atoms with van der Waals surface area (Å²) in [5.74, 6) is 0.934. The third-order valence-electron chi connectivity index (χ3n) is 1.86. The smallest absolute Gasteiger partial charge is 0.407 e. The molecular weight excluding hydrogens is 297 g/mol. The number of hydrogen-bond acceptors (Lipinski definition) is 2. The minimum absolute atomic E-state index is 0. The number of hydrogen-bond donors (Lipinski definition) is 1. The summed E-state index contributed by atoms with van der Waals surface area (Å²) in [7, 11) is 5.35. The Hall–Kier alpha value is -0.790. The Morgan fingerprint density at radius 1 is 1.71 bits per heavy atom. The van der Waals surface area contributed by atoms with Crippen LogP contribution in [0.15, 0.2) is 12.4 Å². The van der Waals surface area contributed by atoms with Crippen molar-refractivity contribution < 1.29 is 38.1 Å². The Morgan fingerprint density at radius 3 is 2.79 bits per heavy atom. The molecule has 0 aliphatic carbocycles. The van der Waals surface area contributed by atoms with Crippen LogP contribution in [0.4, 0.5) is 4.79 Å². The summed E-state index contributed by atoms with van der Waals surface area (Å²) in [4.78, 5) is 10.8. The number of ether oxygens (including phenoxy) is 1. The molecule has 0 unspecified atom stereocenters. The van der Waals surface area contributed by atoms with Crippen LogP contribution in [0.3, 0.4) is 0 Å². The maximum absolute atomic E-state index is 10.8. The second kappa shape index (κ2) is 5.84. The van der Waals surface area contributed by atoms with Gasteiger partial charge in [0.2, 0.25) is 0 Å². The van der Waals surface area contributed by atoms with E-state index < -0.39 is 6.09 Å². The quantitative estimate of drug-likeness (QED) is 0.460. The van der Waals surface area contributed by atoms with Gasteiger partial charge < -0.3 is 34.0 Å². The van der Waals surface area contributed by atoms with Crippen LogP contribution in [0.5, 0.6) is 0 Å². The summed E-state index contributed by atoms with van der Waals surface area (Å²) in [5, 5.41) is 2.39. The number of halogens is 1. The zero-order chi connectivity index (χ0) is 9.84. The Kier molecular flexibility index (Phi) is 5.51. The van der Waals surface area contributed by atoms with Crippen LogP contribution >= 0.6 is 0 Å². The van der Waals surface area contributed by atoms with Crippen LogP contribution in [-0.2, 0) is 25.4 Å². The molecular formula is C8H14IN3O2. The lowest BCUT2D eigenvalue weighted by Gasteiger charge is -2.01. The highest BCUT2D eigenvalue weighted by Gasteiger charge is 2.12. The van der Waals surface area contributed by atoms with Gasteiger partial charge in [-0.05, 0) is 0 Å². The molecule has 1 aromatic rings. The maximum Gasteiger partial charge on any atom is 0.407 e. The summed E-state index contributed by atoms with van der Waals surface area (Å²) in [6.45, 7) is 0.277. The fraction of sp³-hybridized carbons (Fsp3) is 0.500. The molecule has 0 fully saturated rings. The molecule has 80 valence electrons. The summed E-state index contributed by atoms with van der Waals surface area (Å²) < 4.78 is 8.72. The monoisotopic (exact) mass is 311 g/mol.